The number of carbonyl (C=O) groups is 2. The van der Waals surface area contributed by atoms with Gasteiger partial charge in [-0.15, -0.1) is 4.99 Å². The van der Waals surface area contributed by atoms with Gasteiger partial charge in [0.1, 0.15) is 29.6 Å². The van der Waals surface area contributed by atoms with E-state index in [0.29, 0.717) is 36.9 Å². The van der Waals surface area contributed by atoms with Crippen LogP contribution in [-0.4, -0.2) is 50.9 Å². The van der Waals surface area contributed by atoms with Crippen molar-refractivity contribution in [3.05, 3.63) is 77.7 Å². The molecule has 4 aromatic rings. The molecule has 1 fully saturated rings. The third kappa shape index (κ3) is 8.85. The van der Waals surface area contributed by atoms with Crippen LogP contribution in [0, 0.1) is 11.3 Å². The summed E-state index contributed by atoms with van der Waals surface area (Å²) in [5.74, 6) is 1.44. The molecule has 0 unspecified atom stereocenters. The Morgan fingerprint density at radius 3 is 2.40 bits per heavy atom. The molecule has 1 aromatic heterocycles. The van der Waals surface area contributed by atoms with Crippen molar-refractivity contribution >= 4 is 28.9 Å². The van der Waals surface area contributed by atoms with Gasteiger partial charge in [-0.2, -0.15) is 10.2 Å². The lowest BCUT2D eigenvalue weighted by Crippen LogP contribution is -2.46. The molecule has 1 saturated heterocycles. The van der Waals surface area contributed by atoms with Crippen molar-refractivity contribution in [3.8, 4) is 23.2 Å². The summed E-state index contributed by atoms with van der Waals surface area (Å²) in [4.78, 5) is 35.9. The Labute approximate surface area is 273 Å². The van der Waals surface area contributed by atoms with Gasteiger partial charge in [-0.05, 0) is 101 Å². The summed E-state index contributed by atoms with van der Waals surface area (Å²) in [6.07, 6.45) is -0.236. The van der Waals surface area contributed by atoms with E-state index in [9.17, 15) is 9.59 Å². The van der Waals surface area contributed by atoms with Crippen molar-refractivity contribution in [2.75, 3.05) is 6.54 Å². The largest absolute Gasteiger partial charge is 0.489 e. The fourth-order valence-electron chi connectivity index (χ4n) is 4.99. The lowest BCUT2D eigenvalue weighted by molar-refractivity contribution is 0.0553. The van der Waals surface area contributed by atoms with Gasteiger partial charge in [0.2, 0.25) is 17.7 Å². The van der Waals surface area contributed by atoms with E-state index in [4.69, 9.17) is 29.0 Å². The van der Waals surface area contributed by atoms with Crippen LogP contribution in [0.4, 0.5) is 9.59 Å². The van der Waals surface area contributed by atoms with Crippen LogP contribution in [0.1, 0.15) is 77.4 Å². The van der Waals surface area contributed by atoms with E-state index in [-0.39, 0.29) is 5.96 Å². The van der Waals surface area contributed by atoms with Gasteiger partial charge in [0, 0.05) is 12.1 Å². The maximum atomic E-state index is 12.7. The number of alkyl carbamates (subject to hydrolysis) is 1. The Morgan fingerprint density at radius 2 is 1.70 bits per heavy atom. The normalized spacial score (nSPS) is 15.3. The third-order valence-corrected chi connectivity index (χ3v) is 7.01. The predicted molar refractivity (Wildman–Crippen MR) is 174 cm³/mol. The topological polar surface area (TPSA) is 152 Å². The van der Waals surface area contributed by atoms with E-state index in [2.05, 4.69) is 21.5 Å². The number of amides is 2. The van der Waals surface area contributed by atoms with Crippen molar-refractivity contribution in [2.45, 2.75) is 78.2 Å². The minimum Gasteiger partial charge on any atom is -0.489 e. The number of nitriles is 1. The molecule has 1 N–H and O–H groups in total. The van der Waals surface area contributed by atoms with E-state index in [0.717, 1.165) is 34.1 Å². The molecule has 0 spiro atoms. The zero-order valence-corrected chi connectivity index (χ0v) is 27.4. The van der Waals surface area contributed by atoms with Crippen LogP contribution in [0.5, 0.6) is 5.75 Å². The molecular weight excluding hydrogens is 600 g/mol. The molecular formula is C35H38N6O6. The molecule has 0 saturated carbocycles. The van der Waals surface area contributed by atoms with Crippen LogP contribution in [0.3, 0.4) is 0 Å². The molecule has 5 rings (SSSR count). The van der Waals surface area contributed by atoms with E-state index in [1.165, 1.54) is 0 Å². The molecule has 0 aliphatic carbocycles. The first-order chi connectivity index (χ1) is 22.3. The number of aromatic nitrogens is 2. The average molecular weight is 639 g/mol. The highest BCUT2D eigenvalue weighted by Gasteiger charge is 2.35. The first-order valence-electron chi connectivity index (χ1n) is 15.3. The zero-order valence-electron chi connectivity index (χ0n) is 27.4. The molecule has 2 heterocycles. The number of ether oxygens (including phenoxy) is 3. The van der Waals surface area contributed by atoms with Gasteiger partial charge in [-0.1, -0.05) is 35.5 Å². The molecule has 0 radical (unpaired) electrons. The van der Waals surface area contributed by atoms with Gasteiger partial charge in [0.05, 0.1) is 11.6 Å². The molecule has 1 aliphatic heterocycles. The number of nitrogens with one attached hydrogen (secondary N) is 1. The summed E-state index contributed by atoms with van der Waals surface area (Å²) < 4.78 is 22.5. The molecule has 2 amide bonds. The van der Waals surface area contributed by atoms with Crippen LogP contribution in [0.15, 0.2) is 70.2 Å². The van der Waals surface area contributed by atoms with E-state index < -0.39 is 29.4 Å². The van der Waals surface area contributed by atoms with Gasteiger partial charge in [-0.3, -0.25) is 5.32 Å². The number of carbonyl (C=O) groups excluding carboxylic acids is 2. The highest BCUT2D eigenvalue weighted by molar-refractivity contribution is 5.99. The number of likely N-dealkylation sites (tertiary alicyclic amines) is 1. The fourth-order valence-corrected chi connectivity index (χ4v) is 4.99. The van der Waals surface area contributed by atoms with Crippen LogP contribution in [0.2, 0.25) is 0 Å². The number of guanidine groups is 1. The fraction of sp³-hybridized carbons (Fsp3) is 0.371. The van der Waals surface area contributed by atoms with Crippen molar-refractivity contribution in [3.63, 3.8) is 0 Å². The maximum absolute atomic E-state index is 12.7. The minimum atomic E-state index is -0.848. The molecule has 3 aromatic carbocycles. The Hall–Kier alpha value is -5.44. The van der Waals surface area contributed by atoms with Crippen molar-refractivity contribution in [1.82, 2.24) is 20.4 Å². The van der Waals surface area contributed by atoms with Gasteiger partial charge in [0.25, 0.3) is 0 Å². The molecule has 12 heteroatoms. The Morgan fingerprint density at radius 1 is 1.00 bits per heavy atom. The number of benzene rings is 3. The Bertz CT molecular complexity index is 1830. The summed E-state index contributed by atoms with van der Waals surface area (Å²) >= 11 is 0. The lowest BCUT2D eigenvalue weighted by Gasteiger charge is -2.27. The highest BCUT2D eigenvalue weighted by Crippen LogP contribution is 2.33. The highest BCUT2D eigenvalue weighted by atomic mass is 16.6. The summed E-state index contributed by atoms with van der Waals surface area (Å²) in [7, 11) is 0. The molecule has 1 aliphatic rings. The molecule has 0 bridgehead atoms. The van der Waals surface area contributed by atoms with Crippen LogP contribution < -0.4 is 10.1 Å². The lowest BCUT2D eigenvalue weighted by atomic mass is 10.1. The molecule has 1 atom stereocenters. The van der Waals surface area contributed by atoms with Crippen LogP contribution in [-0.2, 0) is 16.1 Å². The maximum Gasteiger partial charge on any atom is 0.437 e. The first-order valence-corrected chi connectivity index (χ1v) is 15.3. The predicted octanol–water partition coefficient (Wildman–Crippen LogP) is 7.29. The summed E-state index contributed by atoms with van der Waals surface area (Å²) in [5.41, 5.74) is 0.809. The standard InChI is InChI=1S/C35H38N6O6/c1-34(2,3)45-32(42)38-31(39-33(43)46-35(4,5)6)41-17-7-8-28(41)30-37-29(40-47-30)26-14-13-25-19-27(16-15-24(25)18-26)44-21-23-11-9-22(20-36)10-12-23/h9-16,18-19,28H,7-8,17,21H2,1-6H3,(H,38,39,42,43)/t28-/m0/s1. The van der Waals surface area contributed by atoms with Crippen molar-refractivity contribution < 1.29 is 28.3 Å². The van der Waals surface area contributed by atoms with Gasteiger partial charge in [-0.25, -0.2) is 9.59 Å². The summed E-state index contributed by atoms with van der Waals surface area (Å²) in [5, 5.41) is 17.8. The second kappa shape index (κ2) is 13.5. The SMILES string of the molecule is CC(C)(C)OC(=O)/N=C(\NC(=O)OC(C)(C)C)N1CCC[C@H]1c1nc(-c2ccc3cc(OCc4ccc(C#N)cc4)ccc3c2)no1. The second-order valence-electron chi connectivity index (χ2n) is 13.2. The Balaban J connectivity index is 1.33. The summed E-state index contributed by atoms with van der Waals surface area (Å²) in [6.45, 7) is 11.3. The first kappa shape index (κ1) is 32.9. The number of rotatable bonds is 5. The average Bonchev–Trinajstić information content (AvgIpc) is 3.68. The number of fused-ring (bicyclic) bond motifs is 1. The van der Waals surface area contributed by atoms with E-state index >= 15 is 0 Å². The second-order valence-corrected chi connectivity index (χ2v) is 13.2. The third-order valence-electron chi connectivity index (χ3n) is 7.01. The van der Waals surface area contributed by atoms with Gasteiger partial charge in [0.15, 0.2) is 0 Å². The van der Waals surface area contributed by atoms with Crippen LogP contribution >= 0.6 is 0 Å². The molecule has 244 valence electrons. The minimum absolute atomic E-state index is 0.0151. The van der Waals surface area contributed by atoms with Crippen LogP contribution in [0.25, 0.3) is 22.2 Å². The quantitative estimate of drug-likeness (QED) is 0.174. The Kier molecular flexibility index (Phi) is 9.46. The van der Waals surface area contributed by atoms with E-state index in [1.807, 2.05) is 48.5 Å². The molecule has 12 nitrogen and oxygen atoms in total. The van der Waals surface area contributed by atoms with E-state index in [1.54, 1.807) is 58.6 Å². The zero-order chi connectivity index (χ0) is 33.8. The van der Waals surface area contributed by atoms with Crippen molar-refractivity contribution in [1.29, 1.82) is 5.26 Å². The van der Waals surface area contributed by atoms with Crippen molar-refractivity contribution in [2.24, 2.45) is 4.99 Å². The van der Waals surface area contributed by atoms with Gasteiger partial charge >= 0.3 is 12.2 Å². The smallest absolute Gasteiger partial charge is 0.437 e. The monoisotopic (exact) mass is 638 g/mol. The summed E-state index contributed by atoms with van der Waals surface area (Å²) in [6, 6.07) is 20.6. The number of hydrogen-bond acceptors (Lipinski definition) is 9. The number of nitrogens with zero attached hydrogens (tertiary/aromatic N) is 5. The number of aliphatic imine (C=N–C) groups is 1. The number of hydrogen-bond donors (Lipinski definition) is 1. The molecule has 47 heavy (non-hydrogen) atoms. The van der Waals surface area contributed by atoms with Gasteiger partial charge < -0.3 is 23.6 Å².